The number of nitrogens with zero attached hydrogens (tertiary/aromatic N) is 2. The van der Waals surface area contributed by atoms with Crippen molar-refractivity contribution in [1.29, 1.82) is 0 Å². The van der Waals surface area contributed by atoms with Crippen LogP contribution in [-0.2, 0) is 22.6 Å². The number of pyridine rings is 2. The first kappa shape index (κ1) is 25.4. The van der Waals surface area contributed by atoms with Gasteiger partial charge in [-0.2, -0.15) is 9.13 Å². The second-order valence-electron chi connectivity index (χ2n) is 5.31. The van der Waals surface area contributed by atoms with Crippen LogP contribution in [0.1, 0.15) is 34.6 Å². The normalized spacial score (nSPS) is 9.07. The molecule has 8 heteroatoms. The van der Waals surface area contributed by atoms with Gasteiger partial charge in [0.1, 0.15) is 0 Å². The molecule has 0 fully saturated rings. The molecule has 2 rings (SSSR count). The zero-order chi connectivity index (χ0) is 18.8. The van der Waals surface area contributed by atoms with E-state index in [9.17, 15) is 9.59 Å². The molecule has 0 atom stereocenters. The minimum absolute atomic E-state index is 0. The number of carbonyl (C=O) groups excluding carboxylic acids is 2. The minimum Gasteiger partial charge on any atom is -1.00 e. The molecule has 2 aromatic heterocycles. The van der Waals surface area contributed by atoms with Crippen molar-refractivity contribution in [2.24, 2.45) is 0 Å². The molecule has 0 aromatic carbocycles. The lowest BCUT2D eigenvalue weighted by Gasteiger charge is -1.99. The van der Waals surface area contributed by atoms with Crippen molar-refractivity contribution in [2.75, 3.05) is 13.2 Å². The molecule has 0 saturated carbocycles. The lowest BCUT2D eigenvalue weighted by molar-refractivity contribution is -0.687. The molecule has 0 aliphatic carbocycles. The molecule has 0 aliphatic rings. The van der Waals surface area contributed by atoms with Gasteiger partial charge in [0.15, 0.2) is 24.8 Å². The zero-order valence-corrected chi connectivity index (χ0v) is 17.2. The maximum absolute atomic E-state index is 11.6. The molecule has 28 heavy (non-hydrogen) atoms. The van der Waals surface area contributed by atoms with E-state index in [0.29, 0.717) is 37.4 Å². The van der Waals surface area contributed by atoms with Crippen molar-refractivity contribution in [3.8, 4) is 11.8 Å². The van der Waals surface area contributed by atoms with Crippen LogP contribution in [0, 0.1) is 11.8 Å². The lowest BCUT2D eigenvalue weighted by atomic mass is 10.3. The number of hydrogen-bond donors (Lipinski definition) is 0. The van der Waals surface area contributed by atoms with Crippen LogP contribution in [0.3, 0.4) is 0 Å². The molecular weight excluding hydrogens is 403 g/mol. The highest BCUT2D eigenvalue weighted by molar-refractivity contribution is 5.89. The van der Waals surface area contributed by atoms with E-state index in [1.807, 2.05) is 9.13 Å². The molecule has 2 heterocycles. The second-order valence-corrected chi connectivity index (χ2v) is 5.31. The van der Waals surface area contributed by atoms with Gasteiger partial charge < -0.3 is 34.3 Å². The van der Waals surface area contributed by atoms with Crippen LogP contribution in [0.4, 0.5) is 0 Å². The Bertz CT molecular complexity index is 745. The number of aromatic nitrogens is 2. The summed E-state index contributed by atoms with van der Waals surface area (Å²) in [5.74, 6) is 5.48. The van der Waals surface area contributed by atoms with Gasteiger partial charge in [-0.3, -0.25) is 0 Å². The monoisotopic (exact) mass is 424 g/mol. The van der Waals surface area contributed by atoms with Gasteiger partial charge in [-0.25, -0.2) is 9.59 Å². The van der Waals surface area contributed by atoms with Gasteiger partial charge in [-0.1, -0.05) is 0 Å². The summed E-state index contributed by atoms with van der Waals surface area (Å²) >= 11 is 0. The Hall–Kier alpha value is -2.62. The standard InChI is InChI=1S/C20H22N2O4.2ClH/c1-3-25-19(23)17-7-13-21(14-8-17)11-5-6-12-22-15-9-18(10-16-22)20(24)26-4-2;;/h7-10,13-16H,3-4,11-12H2,1-2H3;2*1H/q+2;;/p-2. The first-order valence-electron chi connectivity index (χ1n) is 8.42. The van der Waals surface area contributed by atoms with Crippen LogP contribution in [0.5, 0.6) is 0 Å². The third-order valence-corrected chi connectivity index (χ3v) is 3.45. The van der Waals surface area contributed by atoms with Crippen molar-refractivity contribution in [2.45, 2.75) is 26.9 Å². The predicted molar refractivity (Wildman–Crippen MR) is 93.0 cm³/mol. The summed E-state index contributed by atoms with van der Waals surface area (Å²) in [5.41, 5.74) is 1.04. The third kappa shape index (κ3) is 7.95. The summed E-state index contributed by atoms with van der Waals surface area (Å²) in [6.07, 6.45) is 7.18. The molecule has 0 spiro atoms. The quantitative estimate of drug-likeness (QED) is 0.265. The average Bonchev–Trinajstić information content (AvgIpc) is 2.66. The highest BCUT2D eigenvalue weighted by Crippen LogP contribution is 1.99. The SMILES string of the molecule is CCOC(=O)c1cc[n+](CC#CC[n+]2ccc(C(=O)OCC)cc2)cc1.[Cl-].[Cl-]. The molecule has 0 aliphatic heterocycles. The van der Waals surface area contributed by atoms with E-state index in [4.69, 9.17) is 9.47 Å². The van der Waals surface area contributed by atoms with E-state index in [-0.39, 0.29) is 36.8 Å². The Balaban J connectivity index is 0.00000364. The summed E-state index contributed by atoms with van der Waals surface area (Å²) in [5, 5.41) is 0. The van der Waals surface area contributed by atoms with E-state index in [0.717, 1.165) is 0 Å². The summed E-state index contributed by atoms with van der Waals surface area (Å²) in [6, 6.07) is 6.84. The van der Waals surface area contributed by atoms with Gasteiger partial charge in [-0.05, 0) is 25.7 Å². The molecule has 0 unspecified atom stereocenters. The number of carbonyl (C=O) groups is 2. The lowest BCUT2D eigenvalue weighted by Crippen LogP contribution is -3.00. The highest BCUT2D eigenvalue weighted by atomic mass is 35.5. The third-order valence-electron chi connectivity index (χ3n) is 3.45. The van der Waals surface area contributed by atoms with Crippen LogP contribution in [0.15, 0.2) is 49.1 Å². The van der Waals surface area contributed by atoms with Crippen molar-refractivity contribution in [3.63, 3.8) is 0 Å². The molecule has 2 aromatic rings. The molecule has 0 N–H and O–H groups in total. The first-order chi connectivity index (χ1) is 12.6. The van der Waals surface area contributed by atoms with E-state index in [1.165, 1.54) is 0 Å². The number of esters is 2. The number of ether oxygens (including phenoxy) is 2. The summed E-state index contributed by atoms with van der Waals surface area (Å²) in [4.78, 5) is 23.2. The van der Waals surface area contributed by atoms with Gasteiger partial charge in [0.05, 0.1) is 24.3 Å². The van der Waals surface area contributed by atoms with Crippen molar-refractivity contribution in [1.82, 2.24) is 0 Å². The molecule has 0 amide bonds. The maximum atomic E-state index is 11.6. The van der Waals surface area contributed by atoms with E-state index in [1.54, 1.807) is 62.9 Å². The molecular formula is C20H22Cl2N2O4. The fourth-order valence-corrected chi connectivity index (χ4v) is 2.12. The molecule has 0 radical (unpaired) electrons. The Morgan fingerprint density at radius 1 is 0.750 bits per heavy atom. The fraction of sp³-hybridized carbons (Fsp3) is 0.300. The van der Waals surface area contributed by atoms with E-state index >= 15 is 0 Å². The minimum atomic E-state index is -0.326. The Morgan fingerprint density at radius 3 is 1.36 bits per heavy atom. The molecule has 0 saturated heterocycles. The Labute approximate surface area is 177 Å². The topological polar surface area (TPSA) is 60.4 Å². The Morgan fingerprint density at radius 2 is 1.07 bits per heavy atom. The van der Waals surface area contributed by atoms with Crippen molar-refractivity contribution >= 4 is 11.9 Å². The molecule has 150 valence electrons. The molecule has 0 bridgehead atoms. The van der Waals surface area contributed by atoms with Crippen LogP contribution >= 0.6 is 0 Å². The van der Waals surface area contributed by atoms with Gasteiger partial charge in [0.25, 0.3) is 0 Å². The van der Waals surface area contributed by atoms with Gasteiger partial charge in [0.2, 0.25) is 13.1 Å². The van der Waals surface area contributed by atoms with Crippen molar-refractivity contribution in [3.05, 3.63) is 60.2 Å². The fourth-order valence-electron chi connectivity index (χ4n) is 2.12. The summed E-state index contributed by atoms with van der Waals surface area (Å²) < 4.78 is 13.6. The second kappa shape index (κ2) is 13.5. The summed E-state index contributed by atoms with van der Waals surface area (Å²) in [6.45, 7) is 5.31. The smallest absolute Gasteiger partial charge is 0.338 e. The number of halogens is 2. The average molecular weight is 425 g/mol. The van der Waals surface area contributed by atoms with Gasteiger partial charge in [0, 0.05) is 24.3 Å². The van der Waals surface area contributed by atoms with Crippen LogP contribution < -0.4 is 33.9 Å². The van der Waals surface area contributed by atoms with Crippen molar-refractivity contribution < 1.29 is 53.0 Å². The van der Waals surface area contributed by atoms with Gasteiger partial charge >= 0.3 is 11.9 Å². The van der Waals surface area contributed by atoms with Crippen LogP contribution in [0.2, 0.25) is 0 Å². The summed E-state index contributed by atoms with van der Waals surface area (Å²) in [7, 11) is 0. The number of hydrogen-bond acceptors (Lipinski definition) is 4. The first-order valence-corrected chi connectivity index (χ1v) is 8.42. The van der Waals surface area contributed by atoms with Crippen LogP contribution in [-0.4, -0.2) is 25.2 Å². The molecule has 6 nitrogen and oxygen atoms in total. The Kier molecular flexibility index (Phi) is 12.3. The number of rotatable bonds is 6. The highest BCUT2D eigenvalue weighted by Gasteiger charge is 2.09. The predicted octanol–water partition coefficient (Wildman–Crippen LogP) is -4.67. The van der Waals surface area contributed by atoms with E-state index in [2.05, 4.69) is 11.8 Å². The van der Waals surface area contributed by atoms with Crippen LogP contribution in [0.25, 0.3) is 0 Å². The van der Waals surface area contributed by atoms with E-state index < -0.39 is 0 Å². The maximum Gasteiger partial charge on any atom is 0.338 e. The van der Waals surface area contributed by atoms with Gasteiger partial charge in [-0.15, -0.1) is 0 Å². The largest absolute Gasteiger partial charge is 1.00 e. The zero-order valence-electron chi connectivity index (χ0n) is 15.7.